The van der Waals surface area contributed by atoms with Gasteiger partial charge in [-0.2, -0.15) is 0 Å². The predicted molar refractivity (Wildman–Crippen MR) is 104 cm³/mol. The van der Waals surface area contributed by atoms with Crippen LogP contribution in [-0.2, 0) is 16.1 Å². The van der Waals surface area contributed by atoms with Crippen molar-refractivity contribution in [3.63, 3.8) is 0 Å². The minimum Gasteiger partial charge on any atom is -0.356 e. The largest absolute Gasteiger partial charge is 0.356 e. The van der Waals surface area contributed by atoms with Crippen LogP contribution in [0.5, 0.6) is 0 Å². The first-order chi connectivity index (χ1) is 14.5. The number of carbonyl (C=O) groups excluding carboxylic acids is 5. The summed E-state index contributed by atoms with van der Waals surface area (Å²) in [5.41, 5.74) is 1.14. The highest BCUT2D eigenvalue weighted by Gasteiger charge is 2.45. The average molecular weight is 408 g/mol. The van der Waals surface area contributed by atoms with Crippen LogP contribution in [0.3, 0.4) is 0 Å². The second-order valence-corrected chi connectivity index (χ2v) is 7.28. The van der Waals surface area contributed by atoms with Gasteiger partial charge in [-0.15, -0.1) is 0 Å². The number of likely N-dealkylation sites (tertiary alicyclic amines) is 1. The SMILES string of the molecule is O=C(CN1C(=O)C(=O)N(Cc2ccccc2)C1=O)c1c[nH]c(C(=O)N2CCCC2)c1. The summed E-state index contributed by atoms with van der Waals surface area (Å²) in [5, 5.41) is 0. The molecule has 1 aromatic carbocycles. The summed E-state index contributed by atoms with van der Waals surface area (Å²) in [6.07, 6.45) is 3.27. The quantitative estimate of drug-likeness (QED) is 0.442. The van der Waals surface area contributed by atoms with Gasteiger partial charge in [0.1, 0.15) is 5.69 Å². The number of aromatic nitrogens is 1. The second-order valence-electron chi connectivity index (χ2n) is 7.28. The van der Waals surface area contributed by atoms with Gasteiger partial charge in [-0.25, -0.2) is 9.69 Å². The number of imide groups is 2. The van der Waals surface area contributed by atoms with Gasteiger partial charge >= 0.3 is 17.8 Å². The summed E-state index contributed by atoms with van der Waals surface area (Å²) in [6, 6.07) is 9.37. The highest BCUT2D eigenvalue weighted by Crippen LogP contribution is 2.18. The maximum atomic E-state index is 12.6. The molecule has 0 saturated carbocycles. The van der Waals surface area contributed by atoms with Crippen LogP contribution in [0.25, 0.3) is 0 Å². The first-order valence-corrected chi connectivity index (χ1v) is 9.68. The lowest BCUT2D eigenvalue weighted by Gasteiger charge is -2.15. The minimum atomic E-state index is -1.03. The summed E-state index contributed by atoms with van der Waals surface area (Å²) in [5.74, 6) is -2.73. The van der Waals surface area contributed by atoms with Gasteiger partial charge in [0, 0.05) is 24.8 Å². The second kappa shape index (κ2) is 7.94. The van der Waals surface area contributed by atoms with Crippen molar-refractivity contribution >= 4 is 29.5 Å². The molecule has 1 N–H and O–H groups in total. The van der Waals surface area contributed by atoms with Crippen LogP contribution in [0.2, 0.25) is 0 Å². The van der Waals surface area contributed by atoms with E-state index in [2.05, 4.69) is 4.98 Å². The Morgan fingerprint density at radius 2 is 1.60 bits per heavy atom. The molecule has 0 bridgehead atoms. The van der Waals surface area contributed by atoms with Crippen molar-refractivity contribution in [1.82, 2.24) is 19.7 Å². The zero-order chi connectivity index (χ0) is 21.3. The Hall–Kier alpha value is -3.75. The van der Waals surface area contributed by atoms with Crippen LogP contribution >= 0.6 is 0 Å². The van der Waals surface area contributed by atoms with Gasteiger partial charge in [0.05, 0.1) is 13.1 Å². The number of urea groups is 1. The van der Waals surface area contributed by atoms with Crippen molar-refractivity contribution in [1.29, 1.82) is 0 Å². The maximum Gasteiger partial charge on any atom is 0.334 e. The Morgan fingerprint density at radius 3 is 2.30 bits per heavy atom. The maximum absolute atomic E-state index is 12.6. The highest BCUT2D eigenvalue weighted by molar-refractivity contribution is 6.45. The van der Waals surface area contributed by atoms with E-state index in [1.54, 1.807) is 35.2 Å². The van der Waals surface area contributed by atoms with Crippen LogP contribution < -0.4 is 0 Å². The van der Waals surface area contributed by atoms with Crippen molar-refractivity contribution < 1.29 is 24.0 Å². The van der Waals surface area contributed by atoms with Gasteiger partial charge in [0.15, 0.2) is 5.78 Å². The normalized spacial score (nSPS) is 16.7. The number of ketones is 1. The number of nitrogens with one attached hydrogen (secondary N) is 1. The lowest BCUT2D eigenvalue weighted by molar-refractivity contribution is -0.143. The van der Waals surface area contributed by atoms with Crippen LogP contribution in [0.1, 0.15) is 39.3 Å². The molecule has 0 radical (unpaired) electrons. The number of H-pyrrole nitrogens is 1. The zero-order valence-corrected chi connectivity index (χ0v) is 16.2. The fourth-order valence-corrected chi connectivity index (χ4v) is 3.60. The van der Waals surface area contributed by atoms with Crippen molar-refractivity contribution in [2.75, 3.05) is 19.6 Å². The van der Waals surface area contributed by atoms with Gasteiger partial charge in [-0.3, -0.25) is 24.1 Å². The molecule has 30 heavy (non-hydrogen) atoms. The molecule has 3 heterocycles. The molecule has 2 aliphatic rings. The molecule has 2 saturated heterocycles. The van der Waals surface area contributed by atoms with Crippen LogP contribution in [0.4, 0.5) is 4.79 Å². The predicted octanol–water partition coefficient (Wildman–Crippen LogP) is 1.42. The van der Waals surface area contributed by atoms with E-state index in [4.69, 9.17) is 0 Å². The standard InChI is InChI=1S/C21H20N4O5/c26-17(15-10-16(22-11-15)18(27)23-8-4-5-9-23)13-25-20(29)19(28)24(21(25)30)12-14-6-2-1-3-7-14/h1-3,6-7,10-11,22H,4-5,8-9,12-13H2. The average Bonchev–Trinajstić information content (AvgIpc) is 3.50. The third kappa shape index (κ3) is 3.61. The number of nitrogens with zero attached hydrogens (tertiary/aromatic N) is 3. The van der Waals surface area contributed by atoms with E-state index in [-0.39, 0.29) is 23.7 Å². The zero-order valence-electron chi connectivity index (χ0n) is 16.2. The molecule has 4 rings (SSSR count). The fourth-order valence-electron chi connectivity index (χ4n) is 3.60. The van der Waals surface area contributed by atoms with E-state index in [0.29, 0.717) is 23.6 Å². The number of hydrogen-bond donors (Lipinski definition) is 1. The molecule has 5 amide bonds. The fraction of sp³-hybridized carbons (Fsp3) is 0.286. The molecule has 9 heteroatoms. The summed E-state index contributed by atoms with van der Waals surface area (Å²) in [7, 11) is 0. The number of hydrogen-bond acceptors (Lipinski definition) is 5. The van der Waals surface area contributed by atoms with Gasteiger partial charge in [0.2, 0.25) is 0 Å². The Labute approximate surface area is 172 Å². The van der Waals surface area contributed by atoms with E-state index in [9.17, 15) is 24.0 Å². The Kier molecular flexibility index (Phi) is 5.18. The summed E-state index contributed by atoms with van der Waals surface area (Å²) < 4.78 is 0. The molecular formula is C21H20N4O5. The molecular weight excluding hydrogens is 388 g/mol. The first kappa shape index (κ1) is 19.6. The van der Waals surface area contributed by atoms with E-state index in [1.165, 1.54) is 12.3 Å². The molecule has 0 unspecified atom stereocenters. The Morgan fingerprint density at radius 1 is 0.933 bits per heavy atom. The van der Waals surface area contributed by atoms with Crippen LogP contribution in [-0.4, -0.2) is 68.9 Å². The van der Waals surface area contributed by atoms with Crippen molar-refractivity contribution in [3.05, 3.63) is 59.4 Å². The van der Waals surface area contributed by atoms with Gasteiger partial charge in [0.25, 0.3) is 5.91 Å². The molecule has 0 atom stereocenters. The van der Waals surface area contributed by atoms with E-state index >= 15 is 0 Å². The van der Waals surface area contributed by atoms with Gasteiger partial charge in [-0.05, 0) is 24.5 Å². The smallest absolute Gasteiger partial charge is 0.334 e. The van der Waals surface area contributed by atoms with Crippen LogP contribution in [0, 0.1) is 0 Å². The van der Waals surface area contributed by atoms with E-state index < -0.39 is 30.2 Å². The highest BCUT2D eigenvalue weighted by atomic mass is 16.2. The topological polar surface area (TPSA) is 111 Å². The van der Waals surface area contributed by atoms with E-state index in [1.807, 2.05) is 0 Å². The summed E-state index contributed by atoms with van der Waals surface area (Å²) in [6.45, 7) is 0.742. The third-order valence-electron chi connectivity index (χ3n) is 5.25. The number of benzene rings is 1. The van der Waals surface area contributed by atoms with Crippen molar-refractivity contribution in [2.45, 2.75) is 19.4 Å². The molecule has 154 valence electrons. The van der Waals surface area contributed by atoms with Crippen molar-refractivity contribution in [3.8, 4) is 0 Å². The Balaban J connectivity index is 1.44. The van der Waals surface area contributed by atoms with Gasteiger partial charge < -0.3 is 9.88 Å². The van der Waals surface area contributed by atoms with Crippen LogP contribution in [0.15, 0.2) is 42.6 Å². The number of amides is 5. The molecule has 9 nitrogen and oxygen atoms in total. The number of rotatable bonds is 6. The van der Waals surface area contributed by atoms with E-state index in [0.717, 1.165) is 17.7 Å². The molecule has 2 aliphatic heterocycles. The number of Topliss-reactive ketones (excluding diaryl/α,β-unsaturated/α-hetero) is 1. The lowest BCUT2D eigenvalue weighted by atomic mass is 10.2. The molecule has 2 fully saturated rings. The summed E-state index contributed by atoms with van der Waals surface area (Å²) in [4.78, 5) is 68.0. The summed E-state index contributed by atoms with van der Waals surface area (Å²) >= 11 is 0. The number of aromatic amines is 1. The minimum absolute atomic E-state index is 0.0480. The Bertz CT molecular complexity index is 1020. The van der Waals surface area contributed by atoms with Gasteiger partial charge in [-0.1, -0.05) is 30.3 Å². The lowest BCUT2D eigenvalue weighted by Crippen LogP contribution is -2.36. The third-order valence-corrected chi connectivity index (χ3v) is 5.25. The monoisotopic (exact) mass is 408 g/mol. The first-order valence-electron chi connectivity index (χ1n) is 9.68. The molecule has 0 aliphatic carbocycles. The number of carbonyl (C=O) groups is 5. The van der Waals surface area contributed by atoms with Crippen molar-refractivity contribution in [2.24, 2.45) is 0 Å². The molecule has 0 spiro atoms. The molecule has 2 aromatic rings. The molecule has 1 aromatic heterocycles.